The molecule has 0 aliphatic carbocycles. The second-order valence-electron chi connectivity index (χ2n) is 5.62. The SMILES string of the molecule is O=C(O)C1c2ccccc2CCN1C1CCCOCC1. The lowest BCUT2D eigenvalue weighted by atomic mass is 9.90. The Bertz CT molecular complexity index is 480. The summed E-state index contributed by atoms with van der Waals surface area (Å²) in [7, 11) is 0. The predicted octanol–water partition coefficient (Wildman–Crippen LogP) is 2.24. The highest BCUT2D eigenvalue weighted by Crippen LogP contribution is 2.33. The Morgan fingerprint density at radius 2 is 2.10 bits per heavy atom. The molecule has 1 N–H and O–H groups in total. The summed E-state index contributed by atoms with van der Waals surface area (Å²) < 4.78 is 5.51. The quantitative estimate of drug-likeness (QED) is 0.899. The first-order valence-electron chi connectivity index (χ1n) is 7.41. The summed E-state index contributed by atoms with van der Waals surface area (Å²) in [6.07, 6.45) is 3.93. The maximum atomic E-state index is 11.8. The molecule has 0 aromatic heterocycles. The molecule has 2 heterocycles. The molecule has 1 aromatic carbocycles. The van der Waals surface area contributed by atoms with Gasteiger partial charge < -0.3 is 9.84 Å². The zero-order chi connectivity index (χ0) is 13.9. The van der Waals surface area contributed by atoms with Gasteiger partial charge in [0.1, 0.15) is 6.04 Å². The van der Waals surface area contributed by atoms with Crippen LogP contribution in [0.2, 0.25) is 0 Å². The van der Waals surface area contributed by atoms with Crippen molar-refractivity contribution in [3.63, 3.8) is 0 Å². The molecule has 3 rings (SSSR count). The Kier molecular flexibility index (Phi) is 4.03. The van der Waals surface area contributed by atoms with E-state index in [0.29, 0.717) is 6.04 Å². The summed E-state index contributed by atoms with van der Waals surface area (Å²) in [5.41, 5.74) is 2.15. The van der Waals surface area contributed by atoms with Crippen molar-refractivity contribution in [1.82, 2.24) is 4.90 Å². The number of ether oxygens (including phenoxy) is 1. The summed E-state index contributed by atoms with van der Waals surface area (Å²) in [5.74, 6) is -0.734. The van der Waals surface area contributed by atoms with Gasteiger partial charge in [-0.25, -0.2) is 0 Å². The Morgan fingerprint density at radius 1 is 1.25 bits per heavy atom. The Labute approximate surface area is 119 Å². The number of rotatable bonds is 2. The van der Waals surface area contributed by atoms with Crippen LogP contribution in [0.25, 0.3) is 0 Å². The zero-order valence-electron chi connectivity index (χ0n) is 11.6. The number of carbonyl (C=O) groups is 1. The average Bonchev–Trinajstić information content (AvgIpc) is 2.74. The van der Waals surface area contributed by atoms with E-state index in [-0.39, 0.29) is 0 Å². The molecule has 4 heteroatoms. The molecule has 20 heavy (non-hydrogen) atoms. The summed E-state index contributed by atoms with van der Waals surface area (Å²) in [6, 6.07) is 7.78. The van der Waals surface area contributed by atoms with Gasteiger partial charge in [0.05, 0.1) is 0 Å². The van der Waals surface area contributed by atoms with Gasteiger partial charge in [-0.3, -0.25) is 9.69 Å². The molecule has 2 aliphatic rings. The second-order valence-corrected chi connectivity index (χ2v) is 5.62. The lowest BCUT2D eigenvalue weighted by Gasteiger charge is -2.39. The third kappa shape index (κ3) is 2.58. The molecule has 108 valence electrons. The van der Waals surface area contributed by atoms with E-state index < -0.39 is 12.0 Å². The Morgan fingerprint density at radius 3 is 2.95 bits per heavy atom. The average molecular weight is 275 g/mol. The number of nitrogens with zero attached hydrogens (tertiary/aromatic N) is 1. The van der Waals surface area contributed by atoms with Crippen molar-refractivity contribution in [1.29, 1.82) is 0 Å². The minimum absolute atomic E-state index is 0.326. The van der Waals surface area contributed by atoms with Crippen LogP contribution in [0.5, 0.6) is 0 Å². The topological polar surface area (TPSA) is 49.8 Å². The van der Waals surface area contributed by atoms with Crippen molar-refractivity contribution in [3.8, 4) is 0 Å². The van der Waals surface area contributed by atoms with E-state index in [1.54, 1.807) is 0 Å². The highest BCUT2D eigenvalue weighted by molar-refractivity contribution is 5.76. The van der Waals surface area contributed by atoms with Gasteiger partial charge in [0.2, 0.25) is 0 Å². The standard InChI is InChI=1S/C16H21NO3/c18-16(19)15-14-6-2-1-4-12(14)7-9-17(15)13-5-3-10-20-11-8-13/h1-2,4,6,13,15H,3,5,7-11H2,(H,18,19). The van der Waals surface area contributed by atoms with Gasteiger partial charge in [-0.1, -0.05) is 24.3 Å². The number of hydrogen-bond donors (Lipinski definition) is 1. The lowest BCUT2D eigenvalue weighted by Crippen LogP contribution is -2.46. The van der Waals surface area contributed by atoms with Gasteiger partial charge >= 0.3 is 5.97 Å². The van der Waals surface area contributed by atoms with Crippen LogP contribution in [-0.2, 0) is 16.0 Å². The minimum atomic E-state index is -0.734. The highest BCUT2D eigenvalue weighted by atomic mass is 16.5. The van der Waals surface area contributed by atoms with Crippen molar-refractivity contribution in [3.05, 3.63) is 35.4 Å². The van der Waals surface area contributed by atoms with Crippen LogP contribution in [0.4, 0.5) is 0 Å². The van der Waals surface area contributed by atoms with Crippen LogP contribution in [-0.4, -0.2) is 41.8 Å². The first-order chi connectivity index (χ1) is 9.77. The fourth-order valence-corrected chi connectivity index (χ4v) is 3.47. The molecule has 1 aromatic rings. The van der Waals surface area contributed by atoms with Gasteiger partial charge in [-0.2, -0.15) is 0 Å². The van der Waals surface area contributed by atoms with Gasteiger partial charge in [0, 0.05) is 25.8 Å². The van der Waals surface area contributed by atoms with Crippen LogP contribution in [0.3, 0.4) is 0 Å². The first kappa shape index (κ1) is 13.6. The largest absolute Gasteiger partial charge is 0.480 e. The molecule has 0 saturated carbocycles. The fraction of sp³-hybridized carbons (Fsp3) is 0.562. The van der Waals surface area contributed by atoms with Gasteiger partial charge in [0.15, 0.2) is 0 Å². The molecule has 1 fully saturated rings. The van der Waals surface area contributed by atoms with Gasteiger partial charge in [-0.15, -0.1) is 0 Å². The van der Waals surface area contributed by atoms with E-state index in [9.17, 15) is 9.90 Å². The lowest BCUT2D eigenvalue weighted by molar-refractivity contribution is -0.145. The first-order valence-corrected chi connectivity index (χ1v) is 7.41. The molecule has 0 radical (unpaired) electrons. The molecule has 4 nitrogen and oxygen atoms in total. The molecule has 0 bridgehead atoms. The van der Waals surface area contributed by atoms with E-state index in [1.807, 2.05) is 18.2 Å². The number of benzene rings is 1. The zero-order valence-corrected chi connectivity index (χ0v) is 11.6. The summed E-state index contributed by atoms with van der Waals surface area (Å²) in [6.45, 7) is 2.38. The van der Waals surface area contributed by atoms with Crippen LogP contribution >= 0.6 is 0 Å². The third-order valence-electron chi connectivity index (χ3n) is 4.45. The van der Waals surface area contributed by atoms with Crippen molar-refractivity contribution in [2.45, 2.75) is 37.8 Å². The Hall–Kier alpha value is -1.39. The smallest absolute Gasteiger partial charge is 0.325 e. The van der Waals surface area contributed by atoms with Crippen LogP contribution in [0.1, 0.15) is 36.4 Å². The van der Waals surface area contributed by atoms with E-state index in [4.69, 9.17) is 4.74 Å². The van der Waals surface area contributed by atoms with E-state index in [1.165, 1.54) is 5.56 Å². The second kappa shape index (κ2) is 5.94. The number of fused-ring (bicyclic) bond motifs is 1. The molecule has 0 amide bonds. The van der Waals surface area contributed by atoms with Crippen molar-refractivity contribution < 1.29 is 14.6 Å². The van der Waals surface area contributed by atoms with Gasteiger partial charge in [0.25, 0.3) is 0 Å². The van der Waals surface area contributed by atoms with Crippen molar-refractivity contribution in [2.24, 2.45) is 0 Å². The number of hydrogen-bond acceptors (Lipinski definition) is 3. The summed E-state index contributed by atoms with van der Waals surface area (Å²) in [5, 5.41) is 9.68. The predicted molar refractivity (Wildman–Crippen MR) is 75.7 cm³/mol. The molecular weight excluding hydrogens is 254 g/mol. The van der Waals surface area contributed by atoms with Crippen molar-refractivity contribution in [2.75, 3.05) is 19.8 Å². The monoisotopic (exact) mass is 275 g/mol. The number of carboxylic acid groups (broad SMARTS) is 1. The summed E-state index contributed by atoms with van der Waals surface area (Å²) in [4.78, 5) is 14.0. The highest BCUT2D eigenvalue weighted by Gasteiger charge is 2.36. The fourth-order valence-electron chi connectivity index (χ4n) is 3.47. The van der Waals surface area contributed by atoms with Crippen LogP contribution in [0, 0.1) is 0 Å². The van der Waals surface area contributed by atoms with E-state index >= 15 is 0 Å². The minimum Gasteiger partial charge on any atom is -0.480 e. The van der Waals surface area contributed by atoms with Crippen LogP contribution < -0.4 is 0 Å². The van der Waals surface area contributed by atoms with Crippen molar-refractivity contribution >= 4 is 5.97 Å². The normalized spacial score (nSPS) is 27.6. The van der Waals surface area contributed by atoms with Crippen LogP contribution in [0.15, 0.2) is 24.3 Å². The molecule has 0 spiro atoms. The maximum Gasteiger partial charge on any atom is 0.325 e. The Balaban J connectivity index is 1.89. The molecule has 2 unspecified atom stereocenters. The molecule has 2 atom stereocenters. The molecule has 1 saturated heterocycles. The van der Waals surface area contributed by atoms with E-state index in [0.717, 1.165) is 51.0 Å². The molecular formula is C16H21NO3. The number of aliphatic carboxylic acids is 1. The number of carboxylic acids is 1. The third-order valence-corrected chi connectivity index (χ3v) is 4.45. The molecule has 2 aliphatic heterocycles. The van der Waals surface area contributed by atoms with E-state index in [2.05, 4.69) is 11.0 Å². The maximum absolute atomic E-state index is 11.8. The summed E-state index contributed by atoms with van der Waals surface area (Å²) >= 11 is 0. The van der Waals surface area contributed by atoms with Gasteiger partial charge in [-0.05, 0) is 36.8 Å².